The lowest BCUT2D eigenvalue weighted by Gasteiger charge is -2.09. The van der Waals surface area contributed by atoms with E-state index in [0.29, 0.717) is 11.1 Å². The number of amides is 2. The third kappa shape index (κ3) is 5.59. The largest absolute Gasteiger partial charge is 0.478 e. The average Bonchev–Trinajstić information content (AvgIpc) is 2.49. The zero-order chi connectivity index (χ0) is 15.8. The van der Waals surface area contributed by atoms with E-state index < -0.39 is 5.97 Å². The molecule has 0 fully saturated rings. The molecule has 0 unspecified atom stereocenters. The Hall–Kier alpha value is -2.45. The van der Waals surface area contributed by atoms with Gasteiger partial charge in [0.1, 0.15) is 0 Å². The highest BCUT2D eigenvalue weighted by atomic mass is 16.4. The molecule has 1 rings (SSSR count). The van der Waals surface area contributed by atoms with Crippen LogP contribution >= 0.6 is 0 Å². The molecule has 0 aliphatic heterocycles. The summed E-state index contributed by atoms with van der Waals surface area (Å²) in [4.78, 5) is 33.3. The molecule has 8 nitrogen and oxygen atoms in total. The van der Waals surface area contributed by atoms with Gasteiger partial charge in [-0.1, -0.05) is 6.07 Å². The van der Waals surface area contributed by atoms with Crippen molar-refractivity contribution >= 4 is 17.8 Å². The highest BCUT2D eigenvalue weighted by Gasteiger charge is 2.09. The van der Waals surface area contributed by atoms with Crippen LogP contribution in [0.1, 0.15) is 21.5 Å². The molecule has 0 aliphatic carbocycles. The van der Waals surface area contributed by atoms with E-state index >= 15 is 0 Å². The molecule has 0 saturated carbocycles. The maximum atomic E-state index is 11.1. The molecule has 7 N–H and O–H groups in total. The molecule has 0 aromatic heterocycles. The van der Waals surface area contributed by atoms with E-state index in [1.165, 1.54) is 12.1 Å². The van der Waals surface area contributed by atoms with Gasteiger partial charge in [0.2, 0.25) is 11.8 Å². The molecule has 0 radical (unpaired) electrons. The minimum absolute atomic E-state index is 0.0755. The third-order valence-corrected chi connectivity index (χ3v) is 2.65. The Morgan fingerprint density at radius 2 is 1.33 bits per heavy atom. The fourth-order valence-corrected chi connectivity index (χ4v) is 1.64. The summed E-state index contributed by atoms with van der Waals surface area (Å²) in [6, 6.07) is 4.60. The van der Waals surface area contributed by atoms with Crippen molar-refractivity contribution in [3.63, 3.8) is 0 Å². The van der Waals surface area contributed by atoms with Gasteiger partial charge in [0, 0.05) is 13.1 Å². The summed E-state index contributed by atoms with van der Waals surface area (Å²) in [5.74, 6) is -1.77. The zero-order valence-corrected chi connectivity index (χ0v) is 11.4. The molecule has 0 atom stereocenters. The van der Waals surface area contributed by atoms with Crippen LogP contribution in [-0.4, -0.2) is 36.0 Å². The van der Waals surface area contributed by atoms with Gasteiger partial charge >= 0.3 is 5.97 Å². The van der Waals surface area contributed by atoms with Gasteiger partial charge in [-0.3, -0.25) is 9.59 Å². The van der Waals surface area contributed by atoms with Crippen molar-refractivity contribution in [1.82, 2.24) is 10.6 Å². The second kappa shape index (κ2) is 7.98. The quantitative estimate of drug-likeness (QED) is 0.415. The van der Waals surface area contributed by atoms with E-state index in [1.54, 1.807) is 6.07 Å². The molecule has 0 spiro atoms. The molecular weight excluding hydrogens is 276 g/mol. The van der Waals surface area contributed by atoms with Crippen molar-refractivity contribution in [2.24, 2.45) is 11.5 Å². The number of nitrogens with one attached hydrogen (secondary N) is 2. The number of carbonyl (C=O) groups is 3. The Morgan fingerprint density at radius 1 is 0.905 bits per heavy atom. The molecule has 0 saturated heterocycles. The summed E-state index contributed by atoms with van der Waals surface area (Å²) in [5, 5.41) is 14.2. The van der Waals surface area contributed by atoms with Crippen molar-refractivity contribution in [1.29, 1.82) is 0 Å². The number of benzene rings is 1. The number of aromatic carboxylic acids is 1. The van der Waals surface area contributed by atoms with Crippen LogP contribution < -0.4 is 22.1 Å². The van der Waals surface area contributed by atoms with Crippen molar-refractivity contribution in [2.45, 2.75) is 13.1 Å². The summed E-state index contributed by atoms with van der Waals surface area (Å²) >= 11 is 0. The zero-order valence-electron chi connectivity index (χ0n) is 11.4. The van der Waals surface area contributed by atoms with E-state index in [4.69, 9.17) is 16.6 Å². The van der Waals surface area contributed by atoms with Gasteiger partial charge in [-0.15, -0.1) is 0 Å². The van der Waals surface area contributed by atoms with E-state index in [1.807, 2.05) is 0 Å². The standard InChI is InChI=1S/C13H18N4O4/c14-4-11(18)16-6-8-1-9(7-17-12(19)5-15)3-10(2-8)13(20)21/h1-3H,4-7,14-15H2,(H,16,18)(H,17,19)(H,20,21). The van der Waals surface area contributed by atoms with Gasteiger partial charge < -0.3 is 27.2 Å². The molecule has 0 aliphatic rings. The second-order valence-electron chi connectivity index (χ2n) is 4.31. The number of hydrogen-bond acceptors (Lipinski definition) is 5. The summed E-state index contributed by atoms with van der Waals surface area (Å²) in [6.07, 6.45) is 0. The van der Waals surface area contributed by atoms with Crippen LogP contribution in [0.5, 0.6) is 0 Å². The number of nitrogens with two attached hydrogens (primary N) is 2. The van der Waals surface area contributed by atoms with Crippen LogP contribution in [0.25, 0.3) is 0 Å². The lowest BCUT2D eigenvalue weighted by atomic mass is 10.1. The lowest BCUT2D eigenvalue weighted by Crippen LogP contribution is -2.30. The number of carbonyl (C=O) groups excluding carboxylic acids is 2. The molecule has 2 amide bonds. The van der Waals surface area contributed by atoms with Gasteiger partial charge in [0.05, 0.1) is 18.7 Å². The lowest BCUT2D eigenvalue weighted by molar-refractivity contribution is -0.120. The minimum atomic E-state index is -1.09. The predicted octanol–water partition coefficient (Wildman–Crippen LogP) is -1.47. The maximum absolute atomic E-state index is 11.1. The van der Waals surface area contributed by atoms with E-state index in [-0.39, 0.29) is 43.6 Å². The van der Waals surface area contributed by atoms with Crippen molar-refractivity contribution in [3.8, 4) is 0 Å². The van der Waals surface area contributed by atoms with E-state index in [2.05, 4.69) is 10.6 Å². The molecule has 0 heterocycles. The second-order valence-corrected chi connectivity index (χ2v) is 4.31. The smallest absolute Gasteiger partial charge is 0.335 e. The molecule has 8 heteroatoms. The molecule has 1 aromatic rings. The SMILES string of the molecule is NCC(=O)NCc1cc(CNC(=O)CN)cc(C(=O)O)c1. The van der Waals surface area contributed by atoms with Gasteiger partial charge in [0.25, 0.3) is 0 Å². The first-order valence-corrected chi connectivity index (χ1v) is 6.26. The van der Waals surface area contributed by atoms with Crippen molar-refractivity contribution < 1.29 is 19.5 Å². The summed E-state index contributed by atoms with van der Waals surface area (Å²) < 4.78 is 0. The van der Waals surface area contributed by atoms with Crippen molar-refractivity contribution in [2.75, 3.05) is 13.1 Å². The fraction of sp³-hybridized carbons (Fsp3) is 0.308. The maximum Gasteiger partial charge on any atom is 0.335 e. The fourth-order valence-electron chi connectivity index (χ4n) is 1.64. The average molecular weight is 294 g/mol. The number of hydrogen-bond donors (Lipinski definition) is 5. The molecular formula is C13H18N4O4. The Kier molecular flexibility index (Phi) is 6.31. The molecule has 21 heavy (non-hydrogen) atoms. The number of carboxylic acids is 1. The van der Waals surface area contributed by atoms with Crippen molar-refractivity contribution in [3.05, 3.63) is 34.9 Å². The van der Waals surface area contributed by atoms with Crippen LogP contribution in [0.3, 0.4) is 0 Å². The van der Waals surface area contributed by atoms with Crippen LogP contribution in [0.4, 0.5) is 0 Å². The summed E-state index contributed by atoms with van der Waals surface area (Å²) in [7, 11) is 0. The van der Waals surface area contributed by atoms with Gasteiger partial charge in [-0.05, 0) is 23.3 Å². The topological polar surface area (TPSA) is 148 Å². The number of carboxylic acid groups (broad SMARTS) is 1. The Bertz CT molecular complexity index is 507. The van der Waals surface area contributed by atoms with Crippen LogP contribution in [-0.2, 0) is 22.7 Å². The first-order chi connectivity index (χ1) is 9.96. The Labute approximate surface area is 121 Å². The molecule has 114 valence electrons. The summed E-state index contributed by atoms with van der Waals surface area (Å²) in [6.45, 7) is 0.0417. The minimum Gasteiger partial charge on any atom is -0.478 e. The predicted molar refractivity (Wildman–Crippen MR) is 75.2 cm³/mol. The monoisotopic (exact) mass is 294 g/mol. The van der Waals surface area contributed by atoms with Crippen LogP contribution in [0.15, 0.2) is 18.2 Å². The van der Waals surface area contributed by atoms with E-state index in [0.717, 1.165) is 0 Å². The highest BCUT2D eigenvalue weighted by Crippen LogP contribution is 2.11. The van der Waals surface area contributed by atoms with Gasteiger partial charge in [-0.2, -0.15) is 0 Å². The van der Waals surface area contributed by atoms with Crippen LogP contribution in [0.2, 0.25) is 0 Å². The normalized spacial score (nSPS) is 10.0. The molecule has 1 aromatic carbocycles. The molecule has 0 bridgehead atoms. The van der Waals surface area contributed by atoms with Crippen LogP contribution in [0, 0.1) is 0 Å². The Morgan fingerprint density at radius 3 is 1.67 bits per heavy atom. The summed E-state index contributed by atoms with van der Waals surface area (Å²) in [5.41, 5.74) is 11.6. The third-order valence-electron chi connectivity index (χ3n) is 2.65. The van der Waals surface area contributed by atoms with E-state index in [9.17, 15) is 14.4 Å². The first-order valence-electron chi connectivity index (χ1n) is 6.26. The Balaban J connectivity index is 2.86. The van der Waals surface area contributed by atoms with Gasteiger partial charge in [0.15, 0.2) is 0 Å². The van der Waals surface area contributed by atoms with Gasteiger partial charge in [-0.25, -0.2) is 4.79 Å². The highest BCUT2D eigenvalue weighted by molar-refractivity contribution is 5.88. The number of rotatable bonds is 7. The first kappa shape index (κ1) is 16.6.